The molecule has 2 rings (SSSR count). The highest BCUT2D eigenvalue weighted by Gasteiger charge is 2.29. The summed E-state index contributed by atoms with van der Waals surface area (Å²) in [4.78, 5) is 6.75. The lowest BCUT2D eigenvalue weighted by Gasteiger charge is -2.39. The van der Waals surface area contributed by atoms with Gasteiger partial charge in [-0.05, 0) is 26.8 Å². The van der Waals surface area contributed by atoms with E-state index in [2.05, 4.69) is 29.8 Å². The molecule has 1 aromatic rings. The van der Waals surface area contributed by atoms with Gasteiger partial charge in [-0.1, -0.05) is 6.07 Å². The second-order valence-corrected chi connectivity index (χ2v) is 5.23. The van der Waals surface area contributed by atoms with Crippen LogP contribution in [0.15, 0.2) is 18.3 Å². The van der Waals surface area contributed by atoms with Crippen molar-refractivity contribution in [2.75, 3.05) is 24.6 Å². The van der Waals surface area contributed by atoms with Crippen LogP contribution >= 0.6 is 0 Å². The summed E-state index contributed by atoms with van der Waals surface area (Å²) in [6.07, 6.45) is 1.82. The molecule has 1 aromatic heterocycles. The Morgan fingerprint density at radius 1 is 1.53 bits per heavy atom. The van der Waals surface area contributed by atoms with Crippen molar-refractivity contribution in [3.8, 4) is 0 Å². The van der Waals surface area contributed by atoms with Crippen LogP contribution in [0.25, 0.3) is 0 Å². The summed E-state index contributed by atoms with van der Waals surface area (Å²) in [7, 11) is 0. The molecule has 1 aliphatic rings. The van der Waals surface area contributed by atoms with E-state index in [4.69, 9.17) is 10.5 Å². The third-order valence-corrected chi connectivity index (χ3v) is 3.03. The lowest BCUT2D eigenvalue weighted by molar-refractivity contribution is -0.0279. The molecule has 0 radical (unpaired) electrons. The zero-order valence-corrected chi connectivity index (χ0v) is 10.8. The molecule has 0 spiro atoms. The number of nitrogens with zero attached hydrogens (tertiary/aromatic N) is 2. The van der Waals surface area contributed by atoms with Crippen molar-refractivity contribution in [1.29, 1.82) is 0 Å². The summed E-state index contributed by atoms with van der Waals surface area (Å²) >= 11 is 0. The van der Waals surface area contributed by atoms with Crippen molar-refractivity contribution in [2.45, 2.75) is 32.4 Å². The van der Waals surface area contributed by atoms with Gasteiger partial charge in [0.2, 0.25) is 0 Å². The zero-order valence-electron chi connectivity index (χ0n) is 10.8. The molecule has 4 heteroatoms. The Morgan fingerprint density at radius 2 is 2.29 bits per heavy atom. The maximum atomic E-state index is 5.99. The maximum absolute atomic E-state index is 5.99. The molecule has 94 valence electrons. The smallest absolute Gasteiger partial charge is 0.133 e. The first kappa shape index (κ1) is 12.3. The van der Waals surface area contributed by atoms with E-state index in [1.165, 1.54) is 0 Å². The molecule has 2 heterocycles. The minimum absolute atomic E-state index is 0.00431. The van der Waals surface area contributed by atoms with Crippen LogP contribution in [0.5, 0.6) is 0 Å². The van der Waals surface area contributed by atoms with Crippen LogP contribution in [0.1, 0.15) is 32.4 Å². The predicted molar refractivity (Wildman–Crippen MR) is 69.1 cm³/mol. The summed E-state index contributed by atoms with van der Waals surface area (Å²) in [5.74, 6) is 0.999. The van der Waals surface area contributed by atoms with Gasteiger partial charge in [0.1, 0.15) is 5.82 Å². The van der Waals surface area contributed by atoms with Crippen LogP contribution in [0.4, 0.5) is 5.82 Å². The first-order valence-corrected chi connectivity index (χ1v) is 6.09. The van der Waals surface area contributed by atoms with Crippen molar-refractivity contribution in [3.05, 3.63) is 23.9 Å². The molecule has 4 nitrogen and oxygen atoms in total. The number of hydrogen-bond donors (Lipinski definition) is 1. The average molecular weight is 235 g/mol. The molecule has 2 N–H and O–H groups in total. The minimum Gasteiger partial charge on any atom is -0.372 e. The fourth-order valence-corrected chi connectivity index (χ4v) is 2.23. The molecule has 0 saturated carbocycles. The van der Waals surface area contributed by atoms with E-state index in [-0.39, 0.29) is 11.6 Å². The third-order valence-electron chi connectivity index (χ3n) is 3.03. The van der Waals surface area contributed by atoms with Crippen LogP contribution in [-0.4, -0.2) is 30.3 Å². The van der Waals surface area contributed by atoms with Crippen molar-refractivity contribution in [3.63, 3.8) is 0 Å². The van der Waals surface area contributed by atoms with Gasteiger partial charge in [-0.15, -0.1) is 0 Å². The van der Waals surface area contributed by atoms with Gasteiger partial charge in [-0.3, -0.25) is 0 Å². The van der Waals surface area contributed by atoms with Crippen molar-refractivity contribution in [2.24, 2.45) is 5.73 Å². The number of anilines is 1. The second-order valence-electron chi connectivity index (χ2n) is 5.23. The Kier molecular flexibility index (Phi) is 3.35. The van der Waals surface area contributed by atoms with Gasteiger partial charge in [0, 0.05) is 30.9 Å². The lowest BCUT2D eigenvalue weighted by atomic mass is 10.1. The highest BCUT2D eigenvalue weighted by Crippen LogP contribution is 2.26. The summed E-state index contributed by atoms with van der Waals surface area (Å²) in [5.41, 5.74) is 6.97. The predicted octanol–water partition coefficient (Wildman–Crippen LogP) is 1.72. The fourth-order valence-electron chi connectivity index (χ4n) is 2.23. The number of hydrogen-bond acceptors (Lipinski definition) is 4. The highest BCUT2D eigenvalue weighted by atomic mass is 16.5. The summed E-state index contributed by atoms with van der Waals surface area (Å²) in [6.45, 7) is 8.67. The van der Waals surface area contributed by atoms with E-state index < -0.39 is 0 Å². The second kappa shape index (κ2) is 4.63. The lowest BCUT2D eigenvalue weighted by Crippen LogP contribution is -2.49. The van der Waals surface area contributed by atoms with Crippen molar-refractivity contribution in [1.82, 2.24) is 4.98 Å². The molecular weight excluding hydrogens is 214 g/mol. The molecule has 17 heavy (non-hydrogen) atoms. The molecule has 0 bridgehead atoms. The number of morpholine rings is 1. The molecule has 0 aromatic carbocycles. The van der Waals surface area contributed by atoms with Gasteiger partial charge >= 0.3 is 0 Å². The summed E-state index contributed by atoms with van der Waals surface area (Å²) < 4.78 is 5.72. The molecule has 1 fully saturated rings. The quantitative estimate of drug-likeness (QED) is 0.848. The van der Waals surface area contributed by atoms with Gasteiger partial charge in [0.25, 0.3) is 0 Å². The minimum atomic E-state index is -0.120. The van der Waals surface area contributed by atoms with E-state index in [0.717, 1.165) is 31.1 Å². The SMILES string of the molecule is CC(N)c1cccnc1N1CCOC(C)(C)C1. The van der Waals surface area contributed by atoms with E-state index in [0.29, 0.717) is 0 Å². The third kappa shape index (κ3) is 2.76. The summed E-state index contributed by atoms with van der Waals surface area (Å²) in [6, 6.07) is 3.99. The topological polar surface area (TPSA) is 51.4 Å². The average Bonchev–Trinajstić information content (AvgIpc) is 2.27. The Bertz CT molecular complexity index is 390. The fraction of sp³-hybridized carbons (Fsp3) is 0.615. The number of nitrogens with two attached hydrogens (primary N) is 1. The Morgan fingerprint density at radius 3 is 2.94 bits per heavy atom. The van der Waals surface area contributed by atoms with Gasteiger partial charge in [0.05, 0.1) is 12.2 Å². The number of pyridine rings is 1. The Labute approximate surface area is 103 Å². The van der Waals surface area contributed by atoms with Crippen molar-refractivity contribution < 1.29 is 4.74 Å². The van der Waals surface area contributed by atoms with Gasteiger partial charge in [-0.25, -0.2) is 4.98 Å². The first-order valence-electron chi connectivity index (χ1n) is 6.09. The largest absolute Gasteiger partial charge is 0.372 e. The van der Waals surface area contributed by atoms with E-state index in [1.54, 1.807) is 0 Å². The number of rotatable bonds is 2. The van der Waals surface area contributed by atoms with Crippen LogP contribution < -0.4 is 10.6 Å². The van der Waals surface area contributed by atoms with E-state index in [9.17, 15) is 0 Å². The first-order chi connectivity index (χ1) is 7.99. The highest BCUT2D eigenvalue weighted by molar-refractivity contribution is 5.48. The molecule has 0 aliphatic carbocycles. The van der Waals surface area contributed by atoms with Crippen LogP contribution in [0, 0.1) is 0 Å². The molecular formula is C13H21N3O. The zero-order chi connectivity index (χ0) is 12.5. The molecule has 1 aliphatic heterocycles. The van der Waals surface area contributed by atoms with Crippen LogP contribution in [0.2, 0.25) is 0 Å². The Hall–Kier alpha value is -1.13. The van der Waals surface area contributed by atoms with E-state index in [1.807, 2.05) is 19.2 Å². The van der Waals surface area contributed by atoms with E-state index >= 15 is 0 Å². The maximum Gasteiger partial charge on any atom is 0.133 e. The number of aromatic nitrogens is 1. The molecule has 1 unspecified atom stereocenters. The van der Waals surface area contributed by atoms with Crippen molar-refractivity contribution >= 4 is 5.82 Å². The van der Waals surface area contributed by atoms with Crippen LogP contribution in [0.3, 0.4) is 0 Å². The molecule has 0 amide bonds. The normalized spacial score (nSPS) is 21.3. The molecule has 1 atom stereocenters. The molecule has 1 saturated heterocycles. The number of ether oxygens (including phenoxy) is 1. The monoisotopic (exact) mass is 235 g/mol. The van der Waals surface area contributed by atoms with Gasteiger partial charge in [0.15, 0.2) is 0 Å². The van der Waals surface area contributed by atoms with Crippen LogP contribution in [-0.2, 0) is 4.74 Å². The summed E-state index contributed by atoms with van der Waals surface area (Å²) in [5, 5.41) is 0. The Balaban J connectivity index is 2.27. The van der Waals surface area contributed by atoms with Gasteiger partial charge < -0.3 is 15.4 Å². The van der Waals surface area contributed by atoms with Gasteiger partial charge in [-0.2, -0.15) is 0 Å². The standard InChI is InChI=1S/C13H21N3O/c1-10(14)11-5-4-6-15-12(11)16-7-8-17-13(2,3)9-16/h4-6,10H,7-9,14H2,1-3H3.